The largest absolute Gasteiger partial charge is 0.369 e. The number of nitriles is 1. The van der Waals surface area contributed by atoms with Crippen LogP contribution in [0.4, 0.5) is 5.82 Å². The van der Waals surface area contributed by atoms with E-state index in [1.165, 1.54) is 6.20 Å². The van der Waals surface area contributed by atoms with Crippen LogP contribution in [-0.4, -0.2) is 29.2 Å². The van der Waals surface area contributed by atoms with E-state index in [2.05, 4.69) is 16.3 Å². The van der Waals surface area contributed by atoms with Crippen LogP contribution in [0.5, 0.6) is 0 Å². The molecule has 6 heteroatoms. The first-order valence-electron chi connectivity index (χ1n) is 4.98. The topological polar surface area (TPSA) is 95.9 Å². The molecule has 2 heterocycles. The smallest absolute Gasteiger partial charge is 0.222 e. The average molecular weight is 217 g/mol. The lowest BCUT2D eigenvalue weighted by molar-refractivity contribution is -0.121. The molecular weight excluding hydrogens is 206 g/mol. The Hall–Kier alpha value is -2.16. The zero-order valence-electron chi connectivity index (χ0n) is 8.63. The highest BCUT2D eigenvalue weighted by Crippen LogP contribution is 2.23. The summed E-state index contributed by atoms with van der Waals surface area (Å²) in [7, 11) is 0. The molecule has 0 aliphatic carbocycles. The number of nitrogens with two attached hydrogens (primary N) is 1. The molecule has 82 valence electrons. The first-order valence-corrected chi connectivity index (χ1v) is 4.98. The lowest BCUT2D eigenvalue weighted by Gasteiger charge is -2.16. The molecule has 6 nitrogen and oxygen atoms in total. The van der Waals surface area contributed by atoms with Crippen molar-refractivity contribution in [3.63, 3.8) is 0 Å². The van der Waals surface area contributed by atoms with E-state index in [1.807, 2.05) is 4.90 Å². The number of carbonyl (C=O) groups is 1. The molecule has 0 aromatic carbocycles. The molecule has 1 saturated heterocycles. The van der Waals surface area contributed by atoms with Gasteiger partial charge in [-0.2, -0.15) is 10.4 Å². The fourth-order valence-corrected chi connectivity index (χ4v) is 1.83. The van der Waals surface area contributed by atoms with Crippen LogP contribution in [0.2, 0.25) is 0 Å². The van der Waals surface area contributed by atoms with Gasteiger partial charge in [0, 0.05) is 13.1 Å². The van der Waals surface area contributed by atoms with Gasteiger partial charge in [-0.1, -0.05) is 0 Å². The fraction of sp³-hybridized carbons (Fsp3) is 0.400. The summed E-state index contributed by atoms with van der Waals surface area (Å²) in [5.74, 6) is 0.0761. The summed E-state index contributed by atoms with van der Waals surface area (Å²) >= 11 is 0. The van der Waals surface area contributed by atoms with Gasteiger partial charge in [0.1, 0.15) is 6.07 Å². The normalized spacial score (nSPS) is 19.4. The standard InChI is InChI=1S/C10H11N5O/c11-5-7-1-3-13-14-10(7)15-4-2-8(6-15)9(12)16/h1,3,8H,2,4,6H2,(H2,12,16). The number of nitrogens with zero attached hydrogens (tertiary/aromatic N) is 4. The predicted octanol–water partition coefficient (Wildman–Crippen LogP) is -0.340. The van der Waals surface area contributed by atoms with Crippen molar-refractivity contribution in [3.05, 3.63) is 17.8 Å². The first-order chi connectivity index (χ1) is 7.72. The molecule has 1 atom stereocenters. The van der Waals surface area contributed by atoms with Crippen LogP contribution in [0.25, 0.3) is 0 Å². The minimum Gasteiger partial charge on any atom is -0.369 e. The van der Waals surface area contributed by atoms with Gasteiger partial charge in [-0.05, 0) is 12.5 Å². The molecule has 1 amide bonds. The number of aromatic nitrogens is 2. The van der Waals surface area contributed by atoms with Crippen molar-refractivity contribution in [1.29, 1.82) is 5.26 Å². The fourth-order valence-electron chi connectivity index (χ4n) is 1.83. The van der Waals surface area contributed by atoms with E-state index in [4.69, 9.17) is 11.0 Å². The van der Waals surface area contributed by atoms with E-state index in [9.17, 15) is 4.79 Å². The highest BCUT2D eigenvalue weighted by Gasteiger charge is 2.28. The maximum Gasteiger partial charge on any atom is 0.222 e. The van der Waals surface area contributed by atoms with Crippen LogP contribution in [0.1, 0.15) is 12.0 Å². The molecule has 16 heavy (non-hydrogen) atoms. The summed E-state index contributed by atoms with van der Waals surface area (Å²) in [4.78, 5) is 12.9. The van der Waals surface area contributed by atoms with Gasteiger partial charge in [0.15, 0.2) is 5.82 Å². The van der Waals surface area contributed by atoms with E-state index in [1.54, 1.807) is 6.07 Å². The predicted molar refractivity (Wildman–Crippen MR) is 56.3 cm³/mol. The first kappa shape index (κ1) is 10.4. The molecule has 2 N–H and O–H groups in total. The molecular formula is C10H11N5O. The van der Waals surface area contributed by atoms with Crippen LogP contribution in [0, 0.1) is 17.2 Å². The Morgan fingerprint density at radius 1 is 1.69 bits per heavy atom. The molecule has 0 spiro atoms. The zero-order chi connectivity index (χ0) is 11.5. The van der Waals surface area contributed by atoms with Crippen molar-refractivity contribution >= 4 is 11.7 Å². The van der Waals surface area contributed by atoms with Crippen molar-refractivity contribution in [3.8, 4) is 6.07 Å². The number of amides is 1. The van der Waals surface area contributed by atoms with Crippen LogP contribution in [0.15, 0.2) is 12.3 Å². The van der Waals surface area contributed by atoms with Crippen molar-refractivity contribution in [1.82, 2.24) is 10.2 Å². The number of hydrogen-bond donors (Lipinski definition) is 1. The molecule has 1 aliphatic rings. The van der Waals surface area contributed by atoms with Crippen molar-refractivity contribution in [2.45, 2.75) is 6.42 Å². The minimum atomic E-state index is -0.301. The van der Waals surface area contributed by atoms with Gasteiger partial charge in [0.2, 0.25) is 5.91 Å². The monoisotopic (exact) mass is 217 g/mol. The Morgan fingerprint density at radius 2 is 2.50 bits per heavy atom. The minimum absolute atomic E-state index is 0.159. The maximum absolute atomic E-state index is 11.0. The van der Waals surface area contributed by atoms with Crippen LogP contribution >= 0.6 is 0 Å². The number of rotatable bonds is 2. The summed E-state index contributed by atoms with van der Waals surface area (Å²) in [6.45, 7) is 1.20. The van der Waals surface area contributed by atoms with Gasteiger partial charge in [-0.15, -0.1) is 5.10 Å². The molecule has 2 rings (SSSR count). The Labute approximate surface area is 92.7 Å². The number of carbonyl (C=O) groups excluding carboxylic acids is 1. The molecule has 1 aromatic rings. The Bertz CT molecular complexity index is 453. The third-order valence-electron chi connectivity index (χ3n) is 2.71. The molecule has 0 radical (unpaired) electrons. The SMILES string of the molecule is N#Cc1ccnnc1N1CCC(C(N)=O)C1. The summed E-state index contributed by atoms with van der Waals surface area (Å²) < 4.78 is 0. The van der Waals surface area contributed by atoms with Gasteiger partial charge in [-0.25, -0.2) is 0 Å². The van der Waals surface area contributed by atoms with E-state index in [0.717, 1.165) is 0 Å². The second-order valence-electron chi connectivity index (χ2n) is 3.71. The van der Waals surface area contributed by atoms with Crippen molar-refractivity contribution < 1.29 is 4.79 Å². The average Bonchev–Trinajstić information content (AvgIpc) is 2.78. The van der Waals surface area contributed by atoms with E-state index < -0.39 is 0 Å². The van der Waals surface area contributed by atoms with Gasteiger partial charge in [0.05, 0.1) is 17.7 Å². The molecule has 0 bridgehead atoms. The third-order valence-corrected chi connectivity index (χ3v) is 2.71. The van der Waals surface area contributed by atoms with Crippen molar-refractivity contribution in [2.75, 3.05) is 18.0 Å². The lowest BCUT2D eigenvalue weighted by Crippen LogP contribution is -2.28. The lowest BCUT2D eigenvalue weighted by atomic mass is 10.1. The molecule has 1 fully saturated rings. The van der Waals surface area contributed by atoms with Crippen LogP contribution < -0.4 is 10.6 Å². The Morgan fingerprint density at radius 3 is 3.12 bits per heavy atom. The van der Waals surface area contributed by atoms with Gasteiger partial charge in [-0.3, -0.25) is 4.79 Å². The van der Waals surface area contributed by atoms with E-state index >= 15 is 0 Å². The summed E-state index contributed by atoms with van der Waals surface area (Å²) in [5.41, 5.74) is 5.71. The Kier molecular flexibility index (Phi) is 2.68. The summed E-state index contributed by atoms with van der Waals surface area (Å²) in [5, 5.41) is 16.6. The zero-order valence-corrected chi connectivity index (χ0v) is 8.63. The number of primary amides is 1. The third kappa shape index (κ3) is 1.80. The summed E-state index contributed by atoms with van der Waals surface area (Å²) in [6, 6.07) is 3.67. The highest BCUT2D eigenvalue weighted by molar-refractivity contribution is 5.78. The summed E-state index contributed by atoms with van der Waals surface area (Å²) in [6.07, 6.45) is 2.18. The highest BCUT2D eigenvalue weighted by atomic mass is 16.1. The van der Waals surface area contributed by atoms with Crippen LogP contribution in [0.3, 0.4) is 0 Å². The van der Waals surface area contributed by atoms with Crippen molar-refractivity contribution in [2.24, 2.45) is 11.7 Å². The van der Waals surface area contributed by atoms with Crippen LogP contribution in [-0.2, 0) is 4.79 Å². The molecule has 1 aromatic heterocycles. The van der Waals surface area contributed by atoms with E-state index in [-0.39, 0.29) is 11.8 Å². The van der Waals surface area contributed by atoms with E-state index in [0.29, 0.717) is 30.9 Å². The number of anilines is 1. The van der Waals surface area contributed by atoms with Gasteiger partial charge in [0.25, 0.3) is 0 Å². The quantitative estimate of drug-likeness (QED) is 0.731. The Balaban J connectivity index is 2.21. The molecule has 0 saturated carbocycles. The second-order valence-corrected chi connectivity index (χ2v) is 3.71. The molecule has 1 aliphatic heterocycles. The molecule has 1 unspecified atom stereocenters. The van der Waals surface area contributed by atoms with Gasteiger partial charge < -0.3 is 10.6 Å². The maximum atomic E-state index is 11.0. The van der Waals surface area contributed by atoms with Gasteiger partial charge >= 0.3 is 0 Å². The number of hydrogen-bond acceptors (Lipinski definition) is 5. The second kappa shape index (κ2) is 4.14.